The zero-order valence-electron chi connectivity index (χ0n) is 17.0. The van der Waals surface area contributed by atoms with Crippen molar-refractivity contribution in [1.82, 2.24) is 10.6 Å². The highest BCUT2D eigenvalue weighted by Crippen LogP contribution is 2.43. The molecule has 2 aromatic rings. The highest BCUT2D eigenvalue weighted by Gasteiger charge is 2.38. The Morgan fingerprint density at radius 2 is 1.93 bits per heavy atom. The molecule has 1 fully saturated rings. The van der Waals surface area contributed by atoms with Crippen LogP contribution < -0.4 is 21.1 Å². The van der Waals surface area contributed by atoms with Crippen LogP contribution in [0.2, 0.25) is 0 Å². The predicted molar refractivity (Wildman–Crippen MR) is 116 cm³/mol. The van der Waals surface area contributed by atoms with Crippen LogP contribution in [0.3, 0.4) is 0 Å². The predicted octanol–water partition coefficient (Wildman–Crippen LogP) is 2.73. The number of hydrogen-bond acceptors (Lipinski definition) is 3. The lowest BCUT2D eigenvalue weighted by Gasteiger charge is -2.43. The van der Waals surface area contributed by atoms with Gasteiger partial charge in [-0.05, 0) is 43.0 Å². The quantitative estimate of drug-likeness (QED) is 0.451. The topological polar surface area (TPSA) is 88.7 Å². The van der Waals surface area contributed by atoms with Crippen LogP contribution >= 0.6 is 0 Å². The summed E-state index contributed by atoms with van der Waals surface area (Å²) < 4.78 is 5.37. The maximum absolute atomic E-state index is 10.9. The van der Waals surface area contributed by atoms with Gasteiger partial charge >= 0.3 is 0 Å². The molecule has 0 spiro atoms. The van der Waals surface area contributed by atoms with E-state index in [1.165, 1.54) is 24.8 Å². The Labute approximate surface area is 172 Å². The number of hydrogen-bond donors (Lipinski definition) is 3. The van der Waals surface area contributed by atoms with Gasteiger partial charge in [0.25, 0.3) is 5.91 Å². The van der Waals surface area contributed by atoms with Crippen LogP contribution in [-0.4, -0.2) is 31.6 Å². The smallest absolute Gasteiger partial charge is 0.255 e. The molecule has 29 heavy (non-hydrogen) atoms. The number of amides is 1. The molecule has 6 heteroatoms. The van der Waals surface area contributed by atoms with Crippen molar-refractivity contribution in [2.75, 3.05) is 19.7 Å². The van der Waals surface area contributed by atoms with Gasteiger partial charge in [0.15, 0.2) is 12.6 Å². The molecule has 0 aromatic heterocycles. The maximum atomic E-state index is 10.9. The van der Waals surface area contributed by atoms with E-state index in [0.717, 1.165) is 24.6 Å². The molecule has 0 atom stereocenters. The fourth-order valence-corrected chi connectivity index (χ4v) is 3.62. The Morgan fingerprint density at radius 1 is 1.14 bits per heavy atom. The van der Waals surface area contributed by atoms with Crippen molar-refractivity contribution < 1.29 is 9.53 Å². The Morgan fingerprint density at radius 3 is 2.59 bits per heavy atom. The normalized spacial score (nSPS) is 15.3. The summed E-state index contributed by atoms with van der Waals surface area (Å²) in [5.41, 5.74) is 7.73. The highest BCUT2D eigenvalue weighted by atomic mass is 16.5. The molecule has 0 radical (unpaired) electrons. The summed E-state index contributed by atoms with van der Waals surface area (Å²) in [6.07, 6.45) is 3.66. The van der Waals surface area contributed by atoms with E-state index in [9.17, 15) is 4.79 Å². The summed E-state index contributed by atoms with van der Waals surface area (Å²) in [5.74, 6) is 0.931. The Kier molecular flexibility index (Phi) is 7.11. The lowest BCUT2D eigenvalue weighted by molar-refractivity contribution is -0.119. The molecule has 0 saturated heterocycles. The second kappa shape index (κ2) is 9.96. The van der Waals surface area contributed by atoms with Crippen molar-refractivity contribution in [3.05, 3.63) is 65.7 Å². The number of primary amides is 1. The van der Waals surface area contributed by atoms with Crippen molar-refractivity contribution >= 4 is 11.9 Å². The van der Waals surface area contributed by atoms with Crippen LogP contribution in [-0.2, 0) is 16.8 Å². The SMILES string of the molecule is CCNC(=NCc1cccc(OCC(N)=O)c1)NCC1(c2ccccc2)CCC1. The van der Waals surface area contributed by atoms with Gasteiger partial charge < -0.3 is 21.1 Å². The number of carbonyl (C=O) groups excluding carboxylic acids is 1. The third-order valence-electron chi connectivity index (χ3n) is 5.33. The van der Waals surface area contributed by atoms with Gasteiger partial charge in [-0.25, -0.2) is 4.99 Å². The van der Waals surface area contributed by atoms with Crippen LogP contribution in [0.5, 0.6) is 5.75 Å². The average Bonchev–Trinajstić information content (AvgIpc) is 2.70. The summed E-state index contributed by atoms with van der Waals surface area (Å²) in [6.45, 7) is 4.11. The molecule has 3 rings (SSSR count). The van der Waals surface area contributed by atoms with E-state index in [2.05, 4.69) is 47.9 Å². The van der Waals surface area contributed by atoms with Crippen LogP contribution in [0.15, 0.2) is 59.6 Å². The van der Waals surface area contributed by atoms with E-state index in [1.54, 1.807) is 6.07 Å². The Bertz CT molecular complexity index is 832. The molecular weight excluding hydrogens is 364 g/mol. The zero-order chi connectivity index (χ0) is 20.5. The summed E-state index contributed by atoms with van der Waals surface area (Å²) in [7, 11) is 0. The minimum absolute atomic E-state index is 0.127. The molecular formula is C23H30N4O2. The molecule has 1 amide bonds. The maximum Gasteiger partial charge on any atom is 0.255 e. The average molecular weight is 395 g/mol. The lowest BCUT2D eigenvalue weighted by Crippen LogP contribution is -2.48. The number of carbonyl (C=O) groups is 1. The minimum atomic E-state index is -0.490. The molecule has 154 valence electrons. The summed E-state index contributed by atoms with van der Waals surface area (Å²) in [4.78, 5) is 15.6. The molecule has 0 unspecified atom stereocenters. The number of ether oxygens (including phenoxy) is 1. The van der Waals surface area contributed by atoms with Gasteiger partial charge in [0.1, 0.15) is 5.75 Å². The zero-order valence-corrected chi connectivity index (χ0v) is 17.0. The Hall–Kier alpha value is -3.02. The number of nitrogens with zero attached hydrogens (tertiary/aromatic N) is 1. The fraction of sp³-hybridized carbons (Fsp3) is 0.391. The second-order valence-electron chi connectivity index (χ2n) is 7.45. The largest absolute Gasteiger partial charge is 0.484 e. The van der Waals surface area contributed by atoms with Gasteiger partial charge in [0, 0.05) is 18.5 Å². The molecule has 0 aliphatic heterocycles. The number of nitrogens with two attached hydrogens (primary N) is 1. The molecule has 1 aliphatic rings. The van der Waals surface area contributed by atoms with Crippen LogP contribution in [0.4, 0.5) is 0 Å². The van der Waals surface area contributed by atoms with Crippen molar-refractivity contribution in [1.29, 1.82) is 0 Å². The third kappa shape index (κ3) is 5.73. The van der Waals surface area contributed by atoms with Gasteiger partial charge in [0.2, 0.25) is 0 Å². The third-order valence-corrected chi connectivity index (χ3v) is 5.33. The van der Waals surface area contributed by atoms with Crippen molar-refractivity contribution in [3.63, 3.8) is 0 Å². The Balaban J connectivity index is 1.63. The number of aliphatic imine (C=N–C) groups is 1. The standard InChI is InChI=1S/C23H30N4O2/c1-2-25-22(26-15-18-8-6-11-20(14-18)29-16-21(24)28)27-17-23(12-7-13-23)19-9-4-3-5-10-19/h3-6,8-11,14H,2,7,12-13,15-17H2,1H3,(H2,24,28)(H2,25,26,27). The number of nitrogens with one attached hydrogen (secondary N) is 2. The minimum Gasteiger partial charge on any atom is -0.484 e. The summed E-state index contributed by atoms with van der Waals surface area (Å²) in [6, 6.07) is 18.3. The van der Waals surface area contributed by atoms with Crippen LogP contribution in [0, 0.1) is 0 Å². The first-order valence-electron chi connectivity index (χ1n) is 10.2. The number of benzene rings is 2. The molecule has 6 nitrogen and oxygen atoms in total. The van der Waals surface area contributed by atoms with E-state index in [0.29, 0.717) is 12.3 Å². The first kappa shape index (κ1) is 20.7. The lowest BCUT2D eigenvalue weighted by atomic mass is 9.64. The van der Waals surface area contributed by atoms with Gasteiger partial charge in [-0.1, -0.05) is 48.9 Å². The summed E-state index contributed by atoms with van der Waals surface area (Å²) in [5, 5.41) is 6.86. The molecule has 0 heterocycles. The van der Waals surface area contributed by atoms with Crippen LogP contribution in [0.25, 0.3) is 0 Å². The molecule has 2 aromatic carbocycles. The van der Waals surface area contributed by atoms with Crippen molar-refractivity contribution in [2.24, 2.45) is 10.7 Å². The van der Waals surface area contributed by atoms with E-state index < -0.39 is 5.91 Å². The van der Waals surface area contributed by atoms with Gasteiger partial charge in [-0.2, -0.15) is 0 Å². The molecule has 4 N–H and O–H groups in total. The molecule has 0 bridgehead atoms. The first-order chi connectivity index (χ1) is 14.1. The summed E-state index contributed by atoms with van der Waals surface area (Å²) >= 11 is 0. The second-order valence-corrected chi connectivity index (χ2v) is 7.45. The van der Waals surface area contributed by atoms with Gasteiger partial charge in [-0.3, -0.25) is 4.79 Å². The van der Waals surface area contributed by atoms with E-state index in [1.807, 2.05) is 18.2 Å². The molecule has 1 saturated carbocycles. The van der Waals surface area contributed by atoms with E-state index in [4.69, 9.17) is 15.5 Å². The van der Waals surface area contributed by atoms with Crippen molar-refractivity contribution in [3.8, 4) is 5.75 Å². The molecule has 1 aliphatic carbocycles. The van der Waals surface area contributed by atoms with Crippen molar-refractivity contribution in [2.45, 2.75) is 38.1 Å². The van der Waals surface area contributed by atoms with Crippen LogP contribution in [0.1, 0.15) is 37.3 Å². The van der Waals surface area contributed by atoms with E-state index >= 15 is 0 Å². The number of rotatable bonds is 9. The van der Waals surface area contributed by atoms with E-state index in [-0.39, 0.29) is 12.0 Å². The highest BCUT2D eigenvalue weighted by molar-refractivity contribution is 5.80. The first-order valence-corrected chi connectivity index (χ1v) is 10.2. The monoisotopic (exact) mass is 394 g/mol. The van der Waals surface area contributed by atoms with Gasteiger partial charge in [-0.15, -0.1) is 0 Å². The fourth-order valence-electron chi connectivity index (χ4n) is 3.62. The number of guanidine groups is 1. The van der Waals surface area contributed by atoms with Gasteiger partial charge in [0.05, 0.1) is 6.54 Å².